The molecular formula is C46H84O68S14. The fraction of sp³-hybridized carbons (Fsp3) is 1.00. The van der Waals surface area contributed by atoms with Crippen LogP contribution in [-0.4, -0.2) is 385 Å². The van der Waals surface area contributed by atoms with Gasteiger partial charge in [-0.2, -0.15) is 118 Å². The van der Waals surface area contributed by atoms with Gasteiger partial charge in [0.25, 0.3) is 0 Å². The van der Waals surface area contributed by atoms with Gasteiger partial charge in [0.05, 0.1) is 33.0 Å². The molecule has 0 aromatic heterocycles. The molecule has 25 atom stereocenters. The van der Waals surface area contributed by atoms with Crippen molar-refractivity contribution in [1.82, 2.24) is 0 Å². The Bertz CT molecular complexity index is 5310. The minimum atomic E-state index is -6.89. The zero-order valence-corrected chi connectivity index (χ0v) is 75.1. The first-order valence-electron chi connectivity index (χ1n) is 34.8. The molecule has 0 radical (unpaired) electrons. The van der Waals surface area contributed by atoms with Crippen molar-refractivity contribution in [3.63, 3.8) is 0 Å². The van der Waals surface area contributed by atoms with Gasteiger partial charge in [-0.15, -0.1) is 0 Å². The van der Waals surface area contributed by atoms with Gasteiger partial charge >= 0.3 is 146 Å². The van der Waals surface area contributed by atoms with Gasteiger partial charge in [-0.25, -0.2) is 58.6 Å². The second-order valence-electron chi connectivity index (χ2n) is 26.5. The van der Waals surface area contributed by atoms with Crippen molar-refractivity contribution in [1.29, 1.82) is 0 Å². The summed E-state index contributed by atoms with van der Waals surface area (Å²) in [5.41, 5.74) is 0. The van der Waals surface area contributed by atoms with Crippen LogP contribution in [0.4, 0.5) is 0 Å². The third-order valence-electron chi connectivity index (χ3n) is 17.0. The van der Waals surface area contributed by atoms with Crippen molar-refractivity contribution < 1.29 is 298 Å². The summed E-state index contributed by atoms with van der Waals surface area (Å²) in [6, 6.07) is 0. The van der Waals surface area contributed by atoms with Gasteiger partial charge in [0.1, 0.15) is 91.6 Å². The molecule has 760 valence electrons. The number of rotatable bonds is 57. The van der Waals surface area contributed by atoms with E-state index < -0.39 is 339 Å². The van der Waals surface area contributed by atoms with Crippen LogP contribution in [0.5, 0.6) is 0 Å². The second-order valence-corrected chi connectivity index (χ2v) is 41.4. The maximum absolute atomic E-state index is 13.3. The molecule has 0 aromatic rings. The quantitative estimate of drug-likeness (QED) is 0.0199. The zero-order chi connectivity index (χ0) is 97.5. The Morgan fingerprint density at radius 1 is 0.203 bits per heavy atom. The maximum Gasteiger partial charge on any atom is 0.397 e. The molecule has 0 amide bonds. The van der Waals surface area contributed by atoms with E-state index in [1.165, 1.54) is 0 Å². The largest absolute Gasteiger partial charge is 0.397 e. The summed E-state index contributed by atoms with van der Waals surface area (Å²) in [5, 5.41) is 24.2. The van der Waals surface area contributed by atoms with E-state index in [4.69, 9.17) is 47.4 Å². The fourth-order valence-corrected chi connectivity index (χ4v) is 18.4. The highest BCUT2D eigenvalue weighted by molar-refractivity contribution is 7.83. The van der Waals surface area contributed by atoms with Gasteiger partial charge in [0, 0.05) is 6.61 Å². The fourth-order valence-electron chi connectivity index (χ4n) is 12.4. The summed E-state index contributed by atoms with van der Waals surface area (Å²) < 4.78 is 608. The number of aliphatic hydroxyl groups is 2. The lowest BCUT2D eigenvalue weighted by atomic mass is 9.95. The van der Waals surface area contributed by atoms with Crippen molar-refractivity contribution in [3.8, 4) is 0 Å². The summed E-state index contributed by atoms with van der Waals surface area (Å²) in [6.45, 7) is -9.55. The highest BCUT2D eigenvalue weighted by Gasteiger charge is 2.64. The summed E-state index contributed by atoms with van der Waals surface area (Å²) in [6.07, 6.45) is -78.0. The lowest BCUT2D eigenvalue weighted by Gasteiger charge is -2.51. The molecule has 82 heteroatoms. The molecule has 5 aliphatic heterocycles. The molecule has 0 aromatic carbocycles. The van der Waals surface area contributed by atoms with Crippen molar-refractivity contribution in [2.45, 2.75) is 250 Å². The SMILES string of the molecule is CCCCCCCCCCCCCCCCOC1OC(COS(=O)(=O)O)C(O)C(OC2OC(COS(=O)(=O)O)C(OS(=O)(=O)O)C(OC3OC(COS(=O)(=O)O)C(O)C(OC4OC(COS(=O)(=O)O)C(OS(=O)(=O)O)C(OC5OC(COS(=O)(=O)O)C(OS(=O)(=O)O)C(OS(=O)(=O)O)C5OS(=O)(=O)O)C4OS(=O)(=O)O)C3OS(=O)(=O)O)C2OS(=O)(=O)O)C1OS(=O)(=O)O. The first-order valence-corrected chi connectivity index (χ1v) is 53.9. The summed E-state index contributed by atoms with van der Waals surface area (Å²) in [5.74, 6) is 0. The topological polar surface area (TPSA) is 1020 Å². The van der Waals surface area contributed by atoms with E-state index in [0.29, 0.717) is 12.8 Å². The number of ether oxygens (including phenoxy) is 10. The van der Waals surface area contributed by atoms with Gasteiger partial charge in [-0.3, -0.25) is 63.7 Å². The normalized spacial score (nSPS) is 31.8. The molecule has 0 saturated carbocycles. The molecule has 0 bridgehead atoms. The summed E-state index contributed by atoms with van der Waals surface area (Å²) in [7, 11) is -90.2. The van der Waals surface area contributed by atoms with Crippen LogP contribution in [0.25, 0.3) is 0 Å². The average Bonchev–Trinajstić information content (AvgIpc) is 0.747. The van der Waals surface area contributed by atoms with Crippen molar-refractivity contribution in [2.24, 2.45) is 0 Å². The van der Waals surface area contributed by atoms with Crippen LogP contribution in [0.2, 0.25) is 0 Å². The Morgan fingerprint density at radius 3 is 0.633 bits per heavy atom. The molecular weight excluding hydrogens is 2090 g/mol. The highest BCUT2D eigenvalue weighted by Crippen LogP contribution is 2.43. The van der Waals surface area contributed by atoms with Crippen LogP contribution < -0.4 is 0 Å². The molecule has 0 spiro atoms. The monoisotopic (exact) mass is 2170 g/mol. The van der Waals surface area contributed by atoms with Gasteiger partial charge in [0.2, 0.25) is 0 Å². The van der Waals surface area contributed by atoms with Crippen LogP contribution in [0.1, 0.15) is 96.8 Å². The smallest absolute Gasteiger partial charge is 0.387 e. The van der Waals surface area contributed by atoms with E-state index in [2.05, 4.69) is 65.5 Å². The van der Waals surface area contributed by atoms with Crippen LogP contribution in [-0.2, 0) is 252 Å². The van der Waals surface area contributed by atoms with E-state index in [9.17, 15) is 192 Å². The van der Waals surface area contributed by atoms with Crippen LogP contribution in [0.3, 0.4) is 0 Å². The predicted molar refractivity (Wildman–Crippen MR) is 386 cm³/mol. The number of aliphatic hydroxyl groups excluding tert-OH is 2. The Labute approximate surface area is 728 Å². The van der Waals surface area contributed by atoms with Crippen molar-refractivity contribution >= 4 is 146 Å². The van der Waals surface area contributed by atoms with E-state index >= 15 is 0 Å². The minimum Gasteiger partial charge on any atom is -0.387 e. The third-order valence-corrected chi connectivity index (χ3v) is 23.3. The van der Waals surface area contributed by atoms with Gasteiger partial charge in [0.15, 0.2) is 62.0 Å². The molecule has 5 aliphatic rings. The average molecular weight is 2170 g/mol. The van der Waals surface area contributed by atoms with Crippen LogP contribution in [0.15, 0.2) is 0 Å². The van der Waals surface area contributed by atoms with E-state index in [1.54, 1.807) is 0 Å². The van der Waals surface area contributed by atoms with Crippen LogP contribution in [0, 0.1) is 0 Å². The molecule has 16 N–H and O–H groups in total. The van der Waals surface area contributed by atoms with E-state index in [1.807, 2.05) is 0 Å². The molecule has 128 heavy (non-hydrogen) atoms. The molecule has 5 rings (SSSR count). The Balaban J connectivity index is 1.86. The van der Waals surface area contributed by atoms with Gasteiger partial charge in [-0.05, 0) is 6.42 Å². The van der Waals surface area contributed by atoms with Gasteiger partial charge < -0.3 is 57.6 Å². The minimum absolute atomic E-state index is 0.0756. The maximum atomic E-state index is 13.3. The third kappa shape index (κ3) is 44.0. The summed E-state index contributed by atoms with van der Waals surface area (Å²) in [4.78, 5) is 0. The molecule has 5 heterocycles. The first kappa shape index (κ1) is 116. The van der Waals surface area contributed by atoms with Crippen molar-refractivity contribution in [2.75, 3.05) is 39.6 Å². The second kappa shape index (κ2) is 47.4. The highest BCUT2D eigenvalue weighted by atomic mass is 32.3. The number of unbranched alkanes of at least 4 members (excludes halogenated alkanes) is 13. The number of hydrogen-bond acceptors (Lipinski definition) is 54. The number of hydrogen-bond donors (Lipinski definition) is 16. The Morgan fingerprint density at radius 2 is 0.383 bits per heavy atom. The predicted octanol–water partition coefficient (Wildman–Crippen LogP) is -7.84. The Kier molecular flexibility index (Phi) is 43.0. The molecule has 5 saturated heterocycles. The first-order chi connectivity index (χ1) is 58.0. The molecule has 25 unspecified atom stereocenters. The molecule has 5 fully saturated rings. The summed E-state index contributed by atoms with van der Waals surface area (Å²) >= 11 is 0. The zero-order valence-electron chi connectivity index (χ0n) is 63.7. The lowest BCUT2D eigenvalue weighted by Crippen LogP contribution is -2.70. The van der Waals surface area contributed by atoms with Gasteiger partial charge in [-0.1, -0.05) is 90.4 Å². The van der Waals surface area contributed by atoms with Crippen LogP contribution >= 0.6 is 0 Å². The van der Waals surface area contributed by atoms with E-state index in [-0.39, 0.29) is 12.8 Å². The van der Waals surface area contributed by atoms with Crippen molar-refractivity contribution in [3.05, 3.63) is 0 Å². The standard InChI is InChI=1S/C46H84O68S14/c1-2-3-4-5-6-7-8-9-10-11-12-13-14-15-16-91-42-37(110-124(76,77)78)32(27(47)22(97-42)17-92-115(49,50)51)102-44-39(112-126(82,83)84)34(29(106-120(64,65)66)24(99-44)19-94-117(55,56)57)104-43-38(111-125(79,80)81)33(28(48)23(98-43)18-93-116(52,53)54)103-45-40(113-127(85,86)87)35(30(107-121(67,68)69)25(100-45)20-95-118(58,59)60)105-46-41(114-128(88,89)90)36(109-123(73,74)75)31(108-122(70,71)72)26(101-46)21-96-119(61,62)63/h22-48H,2-21H2,1H3,(H,49,50,51)(H,52,53,54)(H,55,56,57)(H,58,59,60)(H,61,62,63)(H,64,65,66)(H,67,68,69)(H,70,71,72)(H,73,74,75)(H,76,77,78)(H,79,80,81)(H,82,83,84)(H,85,86,87)(H,88,89,90). The lowest BCUT2D eigenvalue weighted by molar-refractivity contribution is -0.387. The molecule has 68 nitrogen and oxygen atoms in total. The Hall–Kier alpha value is -2.30. The van der Waals surface area contributed by atoms with E-state index in [0.717, 1.165) is 64.2 Å². The molecule has 0 aliphatic carbocycles.